The van der Waals surface area contributed by atoms with Crippen LogP contribution in [0.2, 0.25) is 0 Å². The van der Waals surface area contributed by atoms with Crippen LogP contribution in [0.3, 0.4) is 0 Å². The van der Waals surface area contributed by atoms with Gasteiger partial charge in [0.1, 0.15) is 23.7 Å². The molecule has 0 N–H and O–H groups in total. The number of ketones is 1. The molecule has 0 radical (unpaired) electrons. The van der Waals surface area contributed by atoms with Gasteiger partial charge in [-0.15, -0.1) is 0 Å². The lowest BCUT2D eigenvalue weighted by Crippen LogP contribution is -2.13. The van der Waals surface area contributed by atoms with Crippen LogP contribution in [0.4, 0.5) is 0 Å². The van der Waals surface area contributed by atoms with E-state index in [4.69, 9.17) is 0 Å². The zero-order chi connectivity index (χ0) is 13.0. The van der Waals surface area contributed by atoms with Crippen molar-refractivity contribution >= 4 is 5.78 Å². The Hall–Kier alpha value is -2.11. The van der Waals surface area contributed by atoms with Crippen LogP contribution >= 0.6 is 0 Å². The van der Waals surface area contributed by atoms with Gasteiger partial charge in [-0.25, -0.2) is 19.6 Å². The van der Waals surface area contributed by atoms with E-state index >= 15 is 0 Å². The second-order valence-corrected chi connectivity index (χ2v) is 3.99. The number of carbonyl (C=O) groups is 1. The smallest absolute Gasteiger partial charge is 0.188 e. The molecule has 0 atom stereocenters. The number of hydrogen-bond donors (Lipinski definition) is 0. The normalized spacial score (nSPS) is 10.6. The van der Waals surface area contributed by atoms with E-state index in [1.54, 1.807) is 23.9 Å². The molecule has 94 valence electrons. The van der Waals surface area contributed by atoms with Crippen molar-refractivity contribution < 1.29 is 4.79 Å². The summed E-state index contributed by atoms with van der Waals surface area (Å²) in [6, 6.07) is 1.62. The third-order valence-electron chi connectivity index (χ3n) is 2.51. The van der Waals surface area contributed by atoms with Gasteiger partial charge in [-0.05, 0) is 19.4 Å². The first-order valence-electron chi connectivity index (χ1n) is 5.90. The van der Waals surface area contributed by atoms with Crippen molar-refractivity contribution in [3.63, 3.8) is 0 Å². The van der Waals surface area contributed by atoms with Gasteiger partial charge in [-0.3, -0.25) is 4.79 Å². The van der Waals surface area contributed by atoms with Gasteiger partial charge >= 0.3 is 0 Å². The first-order chi connectivity index (χ1) is 8.70. The van der Waals surface area contributed by atoms with Gasteiger partial charge in [0.2, 0.25) is 0 Å². The second kappa shape index (κ2) is 5.48. The van der Waals surface area contributed by atoms with Gasteiger partial charge in [-0.2, -0.15) is 5.10 Å². The topological polar surface area (TPSA) is 73.6 Å². The van der Waals surface area contributed by atoms with Gasteiger partial charge in [0.25, 0.3) is 0 Å². The molecule has 2 rings (SSSR count). The maximum atomic E-state index is 12.0. The zero-order valence-corrected chi connectivity index (χ0v) is 10.5. The van der Waals surface area contributed by atoms with Crippen LogP contribution in [0.1, 0.15) is 35.5 Å². The molecule has 6 heteroatoms. The molecule has 2 aromatic rings. The fraction of sp³-hybridized carbons (Fsp3) is 0.417. The third-order valence-corrected chi connectivity index (χ3v) is 2.51. The molecule has 0 saturated carbocycles. The summed E-state index contributed by atoms with van der Waals surface area (Å²) in [5.74, 6) is 1.21. The molecule has 0 aliphatic rings. The molecule has 0 saturated heterocycles. The summed E-state index contributed by atoms with van der Waals surface area (Å²) in [5.41, 5.74) is 0.425. The Morgan fingerprint density at radius 1 is 1.39 bits per heavy atom. The highest BCUT2D eigenvalue weighted by atomic mass is 16.1. The molecule has 2 aromatic heterocycles. The van der Waals surface area contributed by atoms with Crippen molar-refractivity contribution in [2.24, 2.45) is 0 Å². The lowest BCUT2D eigenvalue weighted by atomic mass is 10.2. The van der Waals surface area contributed by atoms with E-state index in [-0.39, 0.29) is 12.2 Å². The predicted octanol–water partition coefficient (Wildman–Crippen LogP) is 1.21. The average Bonchev–Trinajstić information content (AvgIpc) is 2.77. The van der Waals surface area contributed by atoms with Crippen LogP contribution < -0.4 is 0 Å². The minimum Gasteiger partial charge on any atom is -0.292 e. The Bertz CT molecular complexity index is 549. The van der Waals surface area contributed by atoms with Crippen LogP contribution in [0, 0.1) is 6.92 Å². The second-order valence-electron chi connectivity index (χ2n) is 3.99. The number of nitrogens with zero attached hydrogens (tertiary/aromatic N) is 5. The molecule has 0 fully saturated rings. The first kappa shape index (κ1) is 12.3. The number of hydrogen-bond acceptors (Lipinski definition) is 5. The lowest BCUT2D eigenvalue weighted by Gasteiger charge is -2.03. The molecule has 0 spiro atoms. The summed E-state index contributed by atoms with van der Waals surface area (Å²) < 4.78 is 1.76. The highest BCUT2D eigenvalue weighted by Gasteiger charge is 2.13. The number of rotatable bonds is 5. The molecule has 0 unspecified atom stereocenters. The number of Topliss-reactive ketones (excluding diaryl/α,β-unsaturated/α-hetero) is 1. The van der Waals surface area contributed by atoms with Gasteiger partial charge < -0.3 is 0 Å². The van der Waals surface area contributed by atoms with Crippen LogP contribution in [-0.2, 0) is 13.0 Å². The number of carbonyl (C=O) groups excluding carboxylic acids is 1. The molecule has 0 aromatic carbocycles. The molecular weight excluding hydrogens is 230 g/mol. The van der Waals surface area contributed by atoms with Crippen LogP contribution in [0.5, 0.6) is 0 Å². The molecular formula is C12H15N5O. The van der Waals surface area contributed by atoms with Gasteiger partial charge in [0.05, 0.1) is 6.42 Å². The standard InChI is InChI=1S/C12H15N5O/c1-3-6-17-12(14-8-15-17)7-11(18)10-4-5-13-9(2)16-10/h4-5,8H,3,6-7H2,1-2H3. The minimum atomic E-state index is -0.0640. The monoisotopic (exact) mass is 245 g/mol. The Labute approximate surface area is 105 Å². The Morgan fingerprint density at radius 2 is 2.22 bits per heavy atom. The van der Waals surface area contributed by atoms with Crippen molar-refractivity contribution in [1.82, 2.24) is 24.7 Å². The SMILES string of the molecule is CCCn1ncnc1CC(=O)c1ccnc(C)n1. The summed E-state index contributed by atoms with van der Waals surface area (Å²) in [4.78, 5) is 24.2. The van der Waals surface area contributed by atoms with Crippen LogP contribution in [0.15, 0.2) is 18.6 Å². The van der Waals surface area contributed by atoms with Crippen molar-refractivity contribution in [2.45, 2.75) is 33.2 Å². The molecule has 6 nitrogen and oxygen atoms in total. The summed E-state index contributed by atoms with van der Waals surface area (Å²) >= 11 is 0. The number of aromatic nitrogens is 5. The lowest BCUT2D eigenvalue weighted by molar-refractivity contribution is 0.0984. The molecule has 0 aliphatic heterocycles. The van der Waals surface area contributed by atoms with E-state index in [2.05, 4.69) is 27.0 Å². The summed E-state index contributed by atoms with van der Waals surface area (Å²) in [5, 5.41) is 4.09. The Kier molecular flexibility index (Phi) is 3.76. The molecule has 0 amide bonds. The minimum absolute atomic E-state index is 0.0640. The van der Waals surface area contributed by atoms with E-state index < -0.39 is 0 Å². The fourth-order valence-electron chi connectivity index (χ4n) is 1.67. The predicted molar refractivity (Wildman–Crippen MR) is 65.1 cm³/mol. The summed E-state index contributed by atoms with van der Waals surface area (Å²) in [6.45, 7) is 4.59. The fourth-order valence-corrected chi connectivity index (χ4v) is 1.67. The first-order valence-corrected chi connectivity index (χ1v) is 5.90. The summed E-state index contributed by atoms with van der Waals surface area (Å²) in [6.07, 6.45) is 4.24. The third kappa shape index (κ3) is 2.77. The van der Waals surface area contributed by atoms with Crippen molar-refractivity contribution in [2.75, 3.05) is 0 Å². The molecule has 2 heterocycles. The van der Waals surface area contributed by atoms with Crippen molar-refractivity contribution in [3.05, 3.63) is 35.9 Å². The van der Waals surface area contributed by atoms with Gasteiger partial charge in [0, 0.05) is 12.7 Å². The van der Waals surface area contributed by atoms with Gasteiger partial charge in [0.15, 0.2) is 5.78 Å². The summed E-state index contributed by atoms with van der Waals surface area (Å²) in [7, 11) is 0. The highest BCUT2D eigenvalue weighted by molar-refractivity contribution is 5.95. The van der Waals surface area contributed by atoms with E-state index in [0.717, 1.165) is 13.0 Å². The highest BCUT2D eigenvalue weighted by Crippen LogP contribution is 2.04. The molecule has 0 bridgehead atoms. The largest absolute Gasteiger partial charge is 0.292 e. The van der Waals surface area contributed by atoms with Gasteiger partial charge in [-0.1, -0.05) is 6.92 Å². The molecule has 18 heavy (non-hydrogen) atoms. The molecule has 0 aliphatic carbocycles. The maximum Gasteiger partial charge on any atom is 0.188 e. The number of aryl methyl sites for hydroxylation is 2. The zero-order valence-electron chi connectivity index (χ0n) is 10.5. The maximum absolute atomic E-state index is 12.0. The van der Waals surface area contributed by atoms with E-state index in [1.165, 1.54) is 6.33 Å². The Balaban J connectivity index is 2.14. The quantitative estimate of drug-likeness (QED) is 0.740. The van der Waals surface area contributed by atoms with Crippen molar-refractivity contribution in [3.8, 4) is 0 Å². The van der Waals surface area contributed by atoms with Crippen LogP contribution in [-0.4, -0.2) is 30.5 Å². The average molecular weight is 245 g/mol. The van der Waals surface area contributed by atoms with Crippen molar-refractivity contribution in [1.29, 1.82) is 0 Å². The van der Waals surface area contributed by atoms with Crippen LogP contribution in [0.25, 0.3) is 0 Å². The Morgan fingerprint density at radius 3 is 2.94 bits per heavy atom. The van der Waals surface area contributed by atoms with E-state index in [1.807, 2.05) is 0 Å². The van der Waals surface area contributed by atoms with E-state index in [0.29, 0.717) is 17.3 Å². The van der Waals surface area contributed by atoms with E-state index in [9.17, 15) is 4.79 Å².